The zero-order valence-electron chi connectivity index (χ0n) is 15.8. The average Bonchev–Trinajstić information content (AvgIpc) is 2.96. The van der Waals surface area contributed by atoms with E-state index < -0.39 is 0 Å². The summed E-state index contributed by atoms with van der Waals surface area (Å²) in [6.07, 6.45) is 4.16. The molecule has 4 rings (SSSR count). The second-order valence-electron chi connectivity index (χ2n) is 7.20. The highest BCUT2D eigenvalue weighted by atomic mass is 15.3. The number of piperidine rings is 1. The fourth-order valence-corrected chi connectivity index (χ4v) is 3.72. The van der Waals surface area contributed by atoms with E-state index in [0.717, 1.165) is 47.7 Å². The first-order chi connectivity index (χ1) is 12.5. The van der Waals surface area contributed by atoms with Gasteiger partial charge in [-0.15, -0.1) is 0 Å². The van der Waals surface area contributed by atoms with E-state index in [1.807, 2.05) is 36.9 Å². The van der Waals surface area contributed by atoms with Gasteiger partial charge in [0.05, 0.1) is 11.1 Å². The molecule has 1 atom stereocenters. The first-order valence-corrected chi connectivity index (χ1v) is 9.08. The summed E-state index contributed by atoms with van der Waals surface area (Å²) in [6.45, 7) is 4.00. The van der Waals surface area contributed by atoms with Crippen molar-refractivity contribution in [2.24, 2.45) is 7.05 Å². The van der Waals surface area contributed by atoms with Gasteiger partial charge in [-0.05, 0) is 46.0 Å². The fraction of sp³-hybridized carbons (Fsp3) is 0.474. The van der Waals surface area contributed by atoms with Crippen LogP contribution in [0.2, 0.25) is 0 Å². The van der Waals surface area contributed by atoms with E-state index in [0.29, 0.717) is 11.9 Å². The smallest absolute Gasteiger partial charge is 0.182 e. The number of aromatic nitrogens is 5. The minimum absolute atomic E-state index is 0.532. The van der Waals surface area contributed by atoms with Gasteiger partial charge in [0, 0.05) is 32.4 Å². The standard InChI is InChI=1S/C19H25N7/c1-13-16-18(25(4)23-13)21-17(15-9-5-6-10-20-15)22-19(16)26-11-7-8-14(12-26)24(2)3/h5-6,9-10,14H,7-8,11-12H2,1-4H3. The third-order valence-corrected chi connectivity index (χ3v) is 5.16. The van der Waals surface area contributed by atoms with E-state index in [1.165, 1.54) is 6.42 Å². The van der Waals surface area contributed by atoms with Gasteiger partial charge in [0.25, 0.3) is 0 Å². The van der Waals surface area contributed by atoms with Crippen LogP contribution in [0, 0.1) is 6.92 Å². The lowest BCUT2D eigenvalue weighted by molar-refractivity contribution is 0.257. The number of fused-ring (bicyclic) bond motifs is 1. The molecule has 3 aromatic heterocycles. The molecule has 1 aliphatic rings. The molecule has 1 saturated heterocycles. The Kier molecular flexibility index (Phi) is 4.32. The van der Waals surface area contributed by atoms with Crippen LogP contribution >= 0.6 is 0 Å². The molecule has 0 bridgehead atoms. The molecule has 0 saturated carbocycles. The van der Waals surface area contributed by atoms with Crippen LogP contribution in [0.1, 0.15) is 18.5 Å². The van der Waals surface area contributed by atoms with Gasteiger partial charge in [-0.3, -0.25) is 9.67 Å². The van der Waals surface area contributed by atoms with E-state index in [2.05, 4.69) is 34.0 Å². The predicted molar refractivity (Wildman–Crippen MR) is 103 cm³/mol. The Morgan fingerprint density at radius 1 is 1.19 bits per heavy atom. The first-order valence-electron chi connectivity index (χ1n) is 9.08. The number of pyridine rings is 1. The maximum Gasteiger partial charge on any atom is 0.182 e. The first kappa shape index (κ1) is 16.9. The number of aryl methyl sites for hydroxylation is 2. The van der Waals surface area contributed by atoms with Crippen LogP contribution in [0.5, 0.6) is 0 Å². The molecule has 1 fully saturated rings. The molecule has 1 aliphatic heterocycles. The molecular weight excluding hydrogens is 326 g/mol. The molecule has 3 aromatic rings. The van der Waals surface area contributed by atoms with Crippen molar-refractivity contribution in [3.05, 3.63) is 30.1 Å². The van der Waals surface area contributed by atoms with Crippen molar-refractivity contribution in [1.29, 1.82) is 0 Å². The van der Waals surface area contributed by atoms with E-state index in [-0.39, 0.29) is 0 Å². The van der Waals surface area contributed by atoms with Crippen molar-refractivity contribution in [2.75, 3.05) is 32.1 Å². The van der Waals surface area contributed by atoms with E-state index in [1.54, 1.807) is 6.20 Å². The Morgan fingerprint density at radius 3 is 2.77 bits per heavy atom. The summed E-state index contributed by atoms with van der Waals surface area (Å²) in [7, 11) is 6.24. The summed E-state index contributed by atoms with van der Waals surface area (Å²) < 4.78 is 1.84. The van der Waals surface area contributed by atoms with Gasteiger partial charge >= 0.3 is 0 Å². The maximum atomic E-state index is 4.94. The lowest BCUT2D eigenvalue weighted by Crippen LogP contribution is -2.45. The van der Waals surface area contributed by atoms with Gasteiger partial charge in [0.1, 0.15) is 11.5 Å². The Morgan fingerprint density at radius 2 is 2.04 bits per heavy atom. The fourth-order valence-electron chi connectivity index (χ4n) is 3.72. The molecule has 0 aliphatic carbocycles. The molecule has 0 radical (unpaired) electrons. The number of anilines is 1. The lowest BCUT2D eigenvalue weighted by Gasteiger charge is -2.37. The van der Waals surface area contributed by atoms with Gasteiger partial charge in [-0.2, -0.15) is 5.10 Å². The van der Waals surface area contributed by atoms with Gasteiger partial charge in [-0.1, -0.05) is 6.07 Å². The van der Waals surface area contributed by atoms with E-state index in [4.69, 9.17) is 9.97 Å². The van der Waals surface area contributed by atoms with Gasteiger partial charge in [0.15, 0.2) is 11.5 Å². The van der Waals surface area contributed by atoms with Crippen molar-refractivity contribution in [3.8, 4) is 11.5 Å². The van der Waals surface area contributed by atoms with Crippen LogP contribution in [0.25, 0.3) is 22.6 Å². The molecule has 0 spiro atoms. The second kappa shape index (κ2) is 6.64. The van der Waals surface area contributed by atoms with Gasteiger partial charge < -0.3 is 9.80 Å². The molecule has 0 N–H and O–H groups in total. The summed E-state index contributed by atoms with van der Waals surface area (Å²) in [5, 5.41) is 5.64. The molecular formula is C19H25N7. The third-order valence-electron chi connectivity index (χ3n) is 5.16. The lowest BCUT2D eigenvalue weighted by atomic mass is 10.0. The molecule has 0 aromatic carbocycles. The third kappa shape index (κ3) is 2.92. The van der Waals surface area contributed by atoms with Crippen LogP contribution in [-0.4, -0.2) is 62.9 Å². The van der Waals surface area contributed by atoms with Gasteiger partial charge in [-0.25, -0.2) is 9.97 Å². The number of rotatable bonds is 3. The second-order valence-corrected chi connectivity index (χ2v) is 7.20. The minimum atomic E-state index is 0.532. The van der Waals surface area contributed by atoms with Crippen LogP contribution in [0.3, 0.4) is 0 Å². The van der Waals surface area contributed by atoms with Crippen molar-refractivity contribution < 1.29 is 0 Å². The van der Waals surface area contributed by atoms with Gasteiger partial charge in [0.2, 0.25) is 0 Å². The highest BCUT2D eigenvalue weighted by molar-refractivity contribution is 5.91. The number of nitrogens with zero attached hydrogens (tertiary/aromatic N) is 7. The number of likely N-dealkylation sites (N-methyl/N-ethyl adjacent to an activating group) is 1. The monoisotopic (exact) mass is 351 g/mol. The number of hydrogen-bond acceptors (Lipinski definition) is 6. The summed E-state index contributed by atoms with van der Waals surface area (Å²) in [4.78, 5) is 18.8. The average molecular weight is 351 g/mol. The summed E-state index contributed by atoms with van der Waals surface area (Å²) in [6, 6.07) is 6.35. The van der Waals surface area contributed by atoms with Crippen molar-refractivity contribution in [2.45, 2.75) is 25.8 Å². The van der Waals surface area contributed by atoms with Crippen LogP contribution in [-0.2, 0) is 7.05 Å². The Labute approximate surface area is 153 Å². The molecule has 26 heavy (non-hydrogen) atoms. The highest BCUT2D eigenvalue weighted by Gasteiger charge is 2.26. The van der Waals surface area contributed by atoms with Crippen LogP contribution in [0.4, 0.5) is 5.82 Å². The van der Waals surface area contributed by atoms with E-state index >= 15 is 0 Å². The minimum Gasteiger partial charge on any atom is -0.354 e. The van der Waals surface area contributed by atoms with E-state index in [9.17, 15) is 0 Å². The van der Waals surface area contributed by atoms with Crippen molar-refractivity contribution >= 4 is 16.9 Å². The zero-order chi connectivity index (χ0) is 18.3. The van der Waals surface area contributed by atoms with Crippen LogP contribution in [0.15, 0.2) is 24.4 Å². The number of hydrogen-bond donors (Lipinski definition) is 0. The summed E-state index contributed by atoms with van der Waals surface area (Å²) in [5.74, 6) is 1.64. The zero-order valence-corrected chi connectivity index (χ0v) is 15.8. The largest absolute Gasteiger partial charge is 0.354 e. The molecule has 4 heterocycles. The summed E-state index contributed by atoms with van der Waals surface area (Å²) >= 11 is 0. The van der Waals surface area contributed by atoms with Crippen LogP contribution < -0.4 is 4.90 Å². The Bertz CT molecular complexity index is 917. The van der Waals surface area contributed by atoms with Crippen molar-refractivity contribution in [3.63, 3.8) is 0 Å². The Balaban J connectivity index is 1.87. The maximum absolute atomic E-state index is 4.94. The predicted octanol–water partition coefficient (Wildman–Crippen LogP) is 2.26. The highest BCUT2D eigenvalue weighted by Crippen LogP contribution is 2.31. The molecule has 1 unspecified atom stereocenters. The molecule has 136 valence electrons. The summed E-state index contributed by atoms with van der Waals surface area (Å²) in [5.41, 5.74) is 2.62. The van der Waals surface area contributed by atoms with Crippen molar-refractivity contribution in [1.82, 2.24) is 29.6 Å². The molecule has 7 nitrogen and oxygen atoms in total. The Hall–Kier alpha value is -2.54. The SMILES string of the molecule is Cc1nn(C)c2nc(-c3ccccn3)nc(N3CCCC(N(C)C)C3)c12. The molecule has 7 heteroatoms. The topological polar surface area (TPSA) is 63.0 Å². The molecule has 0 amide bonds. The normalized spacial score (nSPS) is 18.0. The quantitative estimate of drug-likeness (QED) is 0.721.